The molecule has 114 valence electrons. The Labute approximate surface area is 131 Å². The number of nitrogens with zero attached hydrogens (tertiary/aromatic N) is 3. The van der Waals surface area contributed by atoms with Crippen LogP contribution in [0.1, 0.15) is 51.8 Å². The lowest BCUT2D eigenvalue weighted by Gasteiger charge is -2.42. The van der Waals surface area contributed by atoms with Gasteiger partial charge >= 0.3 is 0 Å². The third-order valence-electron chi connectivity index (χ3n) is 4.44. The van der Waals surface area contributed by atoms with Crippen LogP contribution in [0, 0.1) is 0 Å². The normalized spacial score (nSPS) is 18.6. The minimum absolute atomic E-state index is 0.0853. The number of nitrogens with one attached hydrogen (secondary N) is 1. The molecule has 2 heterocycles. The number of rotatable bonds is 6. The van der Waals surface area contributed by atoms with Crippen molar-refractivity contribution in [2.75, 3.05) is 19.6 Å². The topological polar surface area (TPSA) is 33.1 Å². The summed E-state index contributed by atoms with van der Waals surface area (Å²) < 4.78 is 3.09. The van der Waals surface area contributed by atoms with Crippen LogP contribution in [-0.2, 0) is 7.05 Å². The SMILES string of the molecule is CCCNC(c1c(Br)cnn1C)C(C)(C)N1CCCC1. The quantitative estimate of drug-likeness (QED) is 0.862. The van der Waals surface area contributed by atoms with Crippen LogP contribution in [-0.4, -0.2) is 39.9 Å². The number of likely N-dealkylation sites (tertiary alicyclic amines) is 1. The first kappa shape index (κ1) is 16.0. The zero-order chi connectivity index (χ0) is 14.8. The molecule has 0 bridgehead atoms. The predicted molar refractivity (Wildman–Crippen MR) is 86.8 cm³/mol. The molecule has 2 rings (SSSR count). The van der Waals surface area contributed by atoms with Crippen molar-refractivity contribution in [3.8, 4) is 0 Å². The molecule has 0 saturated carbocycles. The van der Waals surface area contributed by atoms with Gasteiger partial charge in [-0.2, -0.15) is 5.10 Å². The summed E-state index contributed by atoms with van der Waals surface area (Å²) in [7, 11) is 2.03. The van der Waals surface area contributed by atoms with Gasteiger partial charge < -0.3 is 5.32 Å². The van der Waals surface area contributed by atoms with Crippen molar-refractivity contribution in [1.82, 2.24) is 20.0 Å². The van der Waals surface area contributed by atoms with Crippen molar-refractivity contribution in [1.29, 1.82) is 0 Å². The summed E-state index contributed by atoms with van der Waals surface area (Å²) in [6.07, 6.45) is 5.67. The molecule has 0 aliphatic carbocycles. The monoisotopic (exact) mass is 342 g/mol. The third kappa shape index (κ3) is 3.10. The van der Waals surface area contributed by atoms with E-state index in [4.69, 9.17) is 0 Å². The van der Waals surface area contributed by atoms with E-state index in [9.17, 15) is 0 Å². The van der Waals surface area contributed by atoms with Crippen LogP contribution >= 0.6 is 15.9 Å². The lowest BCUT2D eigenvalue weighted by molar-refractivity contribution is 0.103. The number of halogens is 1. The largest absolute Gasteiger partial charge is 0.307 e. The summed E-state index contributed by atoms with van der Waals surface area (Å²) >= 11 is 3.67. The van der Waals surface area contributed by atoms with Crippen LogP contribution in [0.15, 0.2) is 10.7 Å². The van der Waals surface area contributed by atoms with E-state index >= 15 is 0 Å². The second kappa shape index (κ2) is 6.58. The average molecular weight is 343 g/mol. The highest BCUT2D eigenvalue weighted by molar-refractivity contribution is 9.10. The molecule has 0 spiro atoms. The molecule has 5 heteroatoms. The first-order valence-electron chi connectivity index (χ1n) is 7.64. The van der Waals surface area contributed by atoms with Gasteiger partial charge in [-0.25, -0.2) is 0 Å². The molecule has 1 atom stereocenters. The zero-order valence-electron chi connectivity index (χ0n) is 13.1. The average Bonchev–Trinajstić information content (AvgIpc) is 3.03. The number of hydrogen-bond donors (Lipinski definition) is 1. The lowest BCUT2D eigenvalue weighted by Crippen LogP contribution is -2.52. The van der Waals surface area contributed by atoms with Gasteiger partial charge in [0.2, 0.25) is 0 Å². The summed E-state index contributed by atoms with van der Waals surface area (Å²) in [5.74, 6) is 0. The van der Waals surface area contributed by atoms with Gasteiger partial charge in [-0.15, -0.1) is 0 Å². The van der Waals surface area contributed by atoms with Gasteiger partial charge in [-0.1, -0.05) is 6.92 Å². The Bertz CT molecular complexity index is 416. The van der Waals surface area contributed by atoms with Crippen LogP contribution in [0.4, 0.5) is 0 Å². The van der Waals surface area contributed by atoms with E-state index in [1.807, 2.05) is 17.9 Å². The Morgan fingerprint density at radius 3 is 2.55 bits per heavy atom. The highest BCUT2D eigenvalue weighted by Gasteiger charge is 2.39. The van der Waals surface area contributed by atoms with Crippen LogP contribution in [0.3, 0.4) is 0 Å². The predicted octanol–water partition coefficient (Wildman–Crippen LogP) is 3.10. The molecule has 1 saturated heterocycles. The highest BCUT2D eigenvalue weighted by Crippen LogP contribution is 2.36. The maximum absolute atomic E-state index is 4.40. The van der Waals surface area contributed by atoms with E-state index < -0.39 is 0 Å². The van der Waals surface area contributed by atoms with E-state index in [-0.39, 0.29) is 11.6 Å². The van der Waals surface area contributed by atoms with Gasteiger partial charge in [0.1, 0.15) is 0 Å². The van der Waals surface area contributed by atoms with Crippen molar-refractivity contribution in [3.05, 3.63) is 16.4 Å². The second-order valence-corrected chi connectivity index (χ2v) is 7.09. The minimum Gasteiger partial charge on any atom is -0.307 e. The molecular weight excluding hydrogens is 316 g/mol. The summed E-state index contributed by atoms with van der Waals surface area (Å²) in [5, 5.41) is 8.13. The minimum atomic E-state index is 0.0853. The first-order chi connectivity index (χ1) is 9.48. The molecule has 0 aromatic carbocycles. The van der Waals surface area contributed by atoms with E-state index in [0.717, 1.165) is 17.4 Å². The molecule has 0 radical (unpaired) electrons. The van der Waals surface area contributed by atoms with Crippen molar-refractivity contribution in [2.45, 2.75) is 51.6 Å². The number of hydrogen-bond acceptors (Lipinski definition) is 3. The summed E-state index contributed by atoms with van der Waals surface area (Å²) in [6, 6.07) is 0.280. The number of aromatic nitrogens is 2. The molecule has 4 nitrogen and oxygen atoms in total. The van der Waals surface area contributed by atoms with Gasteiger partial charge in [0.15, 0.2) is 0 Å². The smallest absolute Gasteiger partial charge is 0.0711 e. The fourth-order valence-corrected chi connectivity index (χ4v) is 3.77. The molecule has 1 aromatic heterocycles. The maximum atomic E-state index is 4.40. The van der Waals surface area contributed by atoms with Gasteiger partial charge in [-0.3, -0.25) is 9.58 Å². The van der Waals surface area contributed by atoms with E-state index in [2.05, 4.69) is 52.0 Å². The van der Waals surface area contributed by atoms with Crippen molar-refractivity contribution in [2.24, 2.45) is 7.05 Å². The standard InChI is InChI=1S/C15H27BrN4/c1-5-8-17-14(13-12(16)11-18-19(13)4)15(2,3)20-9-6-7-10-20/h11,14,17H,5-10H2,1-4H3. The van der Waals surface area contributed by atoms with Crippen molar-refractivity contribution >= 4 is 15.9 Å². The fourth-order valence-electron chi connectivity index (χ4n) is 3.19. The Balaban J connectivity index is 2.31. The first-order valence-corrected chi connectivity index (χ1v) is 8.43. The summed E-state index contributed by atoms with van der Waals surface area (Å²) in [6.45, 7) is 10.3. The fraction of sp³-hybridized carbons (Fsp3) is 0.800. The van der Waals surface area contributed by atoms with Crippen LogP contribution in [0.25, 0.3) is 0 Å². The van der Waals surface area contributed by atoms with E-state index in [1.54, 1.807) is 0 Å². The summed E-state index contributed by atoms with van der Waals surface area (Å²) in [4.78, 5) is 2.61. The molecule has 1 aliphatic rings. The van der Waals surface area contributed by atoms with Gasteiger partial charge in [0, 0.05) is 12.6 Å². The Morgan fingerprint density at radius 1 is 1.40 bits per heavy atom. The Kier molecular flexibility index (Phi) is 5.26. The molecule has 1 aliphatic heterocycles. The number of aryl methyl sites for hydroxylation is 1. The highest BCUT2D eigenvalue weighted by atomic mass is 79.9. The van der Waals surface area contributed by atoms with Crippen molar-refractivity contribution in [3.63, 3.8) is 0 Å². The zero-order valence-corrected chi connectivity index (χ0v) is 14.7. The maximum Gasteiger partial charge on any atom is 0.0711 e. The molecule has 1 N–H and O–H groups in total. The molecular formula is C15H27BrN4. The van der Waals surface area contributed by atoms with Gasteiger partial charge in [0.05, 0.1) is 22.4 Å². The van der Waals surface area contributed by atoms with Crippen LogP contribution in [0.2, 0.25) is 0 Å². The van der Waals surface area contributed by atoms with Crippen LogP contribution in [0.5, 0.6) is 0 Å². The van der Waals surface area contributed by atoms with Crippen molar-refractivity contribution < 1.29 is 0 Å². The molecule has 1 aromatic rings. The lowest BCUT2D eigenvalue weighted by atomic mass is 9.89. The van der Waals surface area contributed by atoms with Gasteiger partial charge in [0.25, 0.3) is 0 Å². The Hall–Kier alpha value is -0.390. The van der Waals surface area contributed by atoms with Crippen LogP contribution < -0.4 is 5.32 Å². The Morgan fingerprint density at radius 2 is 2.05 bits per heavy atom. The summed E-state index contributed by atoms with van der Waals surface area (Å²) in [5.41, 5.74) is 1.33. The van der Waals surface area contributed by atoms with Gasteiger partial charge in [-0.05, 0) is 68.7 Å². The van der Waals surface area contributed by atoms with E-state index in [1.165, 1.54) is 31.6 Å². The molecule has 1 unspecified atom stereocenters. The third-order valence-corrected chi connectivity index (χ3v) is 5.05. The molecule has 0 amide bonds. The van der Waals surface area contributed by atoms with E-state index in [0.29, 0.717) is 0 Å². The molecule has 20 heavy (non-hydrogen) atoms. The molecule has 1 fully saturated rings. The second-order valence-electron chi connectivity index (χ2n) is 6.24.